The summed E-state index contributed by atoms with van der Waals surface area (Å²) in [6.07, 6.45) is 4.79. The summed E-state index contributed by atoms with van der Waals surface area (Å²) in [5.74, 6) is 0.931. The number of rotatable bonds is 5. The number of amides is 1. The number of hydrogen-bond acceptors (Lipinski definition) is 4. The van der Waals surface area contributed by atoms with Gasteiger partial charge in [0, 0.05) is 25.1 Å². The Kier molecular flexibility index (Phi) is 5.10. The normalized spacial score (nSPS) is 26.4. The molecule has 7 heteroatoms. The molecule has 1 N–H and O–H groups in total. The van der Waals surface area contributed by atoms with E-state index in [0.29, 0.717) is 6.54 Å². The minimum absolute atomic E-state index is 0.0254. The quantitative estimate of drug-likeness (QED) is 0.841. The van der Waals surface area contributed by atoms with Crippen molar-refractivity contribution in [2.75, 3.05) is 6.61 Å². The molecule has 3 atom stereocenters. The van der Waals surface area contributed by atoms with Crippen LogP contribution >= 0.6 is 0 Å². The molecule has 1 aromatic heterocycles. The number of ether oxygens (including phenoxy) is 1. The molecule has 1 aliphatic heterocycles. The first-order chi connectivity index (χ1) is 13.5. The maximum atomic E-state index is 12.0. The van der Waals surface area contributed by atoms with Gasteiger partial charge in [-0.05, 0) is 36.7 Å². The molecule has 150 valence electrons. The molecule has 2 fully saturated rings. The highest BCUT2D eigenvalue weighted by Gasteiger charge is 2.54. The van der Waals surface area contributed by atoms with E-state index in [1.807, 2.05) is 35.0 Å². The lowest BCUT2D eigenvalue weighted by molar-refractivity contribution is -0.0420. The monoisotopic (exact) mass is 384 g/mol. The molecule has 1 saturated heterocycles. The van der Waals surface area contributed by atoms with Gasteiger partial charge in [0.2, 0.25) is 0 Å². The van der Waals surface area contributed by atoms with Gasteiger partial charge in [-0.15, -0.1) is 0 Å². The van der Waals surface area contributed by atoms with Gasteiger partial charge in [0.05, 0.1) is 0 Å². The fourth-order valence-corrected chi connectivity index (χ4v) is 4.48. The van der Waals surface area contributed by atoms with Crippen molar-refractivity contribution in [1.29, 1.82) is 0 Å². The predicted octanol–water partition coefficient (Wildman–Crippen LogP) is 4.04. The van der Waals surface area contributed by atoms with E-state index in [2.05, 4.69) is 23.9 Å². The lowest BCUT2D eigenvalue weighted by atomic mass is 9.57. The van der Waals surface area contributed by atoms with Crippen LogP contribution in [-0.2, 0) is 11.3 Å². The molecule has 1 unspecified atom stereocenters. The Morgan fingerprint density at radius 1 is 1.32 bits per heavy atom. The van der Waals surface area contributed by atoms with Gasteiger partial charge in [-0.25, -0.2) is 14.5 Å². The highest BCUT2D eigenvalue weighted by Crippen LogP contribution is 2.54. The number of carboxylic acid groups (broad SMARTS) is 1. The van der Waals surface area contributed by atoms with E-state index in [1.54, 1.807) is 11.2 Å². The van der Waals surface area contributed by atoms with Crippen LogP contribution < -0.4 is 0 Å². The summed E-state index contributed by atoms with van der Waals surface area (Å²) < 4.78 is 7.62. The van der Waals surface area contributed by atoms with Crippen LogP contribution in [0.15, 0.2) is 36.7 Å². The van der Waals surface area contributed by atoms with Crippen molar-refractivity contribution in [2.24, 2.45) is 5.41 Å². The van der Waals surface area contributed by atoms with E-state index in [4.69, 9.17) is 4.74 Å². The summed E-state index contributed by atoms with van der Waals surface area (Å²) in [6.45, 7) is 5.40. The summed E-state index contributed by atoms with van der Waals surface area (Å²) in [5, 5.41) is 14.5. The van der Waals surface area contributed by atoms with Gasteiger partial charge in [-0.3, -0.25) is 0 Å². The van der Waals surface area contributed by atoms with Gasteiger partial charge >= 0.3 is 6.09 Å². The van der Waals surface area contributed by atoms with Gasteiger partial charge in [0.1, 0.15) is 6.33 Å². The average Bonchev–Trinajstić information content (AvgIpc) is 3.17. The molecule has 7 nitrogen and oxygen atoms in total. The zero-order valence-electron chi connectivity index (χ0n) is 16.5. The van der Waals surface area contributed by atoms with Crippen LogP contribution in [0.5, 0.6) is 0 Å². The predicted molar refractivity (Wildman–Crippen MR) is 104 cm³/mol. The van der Waals surface area contributed by atoms with E-state index in [0.717, 1.165) is 43.7 Å². The highest BCUT2D eigenvalue weighted by atomic mass is 16.5. The van der Waals surface area contributed by atoms with Crippen LogP contribution in [0.3, 0.4) is 0 Å². The fourth-order valence-electron chi connectivity index (χ4n) is 4.48. The Morgan fingerprint density at radius 3 is 2.75 bits per heavy atom. The highest BCUT2D eigenvalue weighted by molar-refractivity contribution is 5.66. The van der Waals surface area contributed by atoms with Crippen LogP contribution in [0.4, 0.5) is 4.79 Å². The smallest absolute Gasteiger partial charge is 0.407 e. The van der Waals surface area contributed by atoms with Gasteiger partial charge in [0.25, 0.3) is 0 Å². The Balaban J connectivity index is 1.47. The Morgan fingerprint density at radius 2 is 2.11 bits per heavy atom. The Labute approximate surface area is 165 Å². The number of benzene rings is 1. The summed E-state index contributed by atoms with van der Waals surface area (Å²) >= 11 is 0. The van der Waals surface area contributed by atoms with Crippen molar-refractivity contribution in [3.05, 3.63) is 48.0 Å². The van der Waals surface area contributed by atoms with Crippen molar-refractivity contribution in [3.8, 4) is 0 Å². The molecule has 1 saturated carbocycles. The van der Waals surface area contributed by atoms with Crippen molar-refractivity contribution >= 4 is 6.09 Å². The van der Waals surface area contributed by atoms with Crippen molar-refractivity contribution in [3.63, 3.8) is 0 Å². The second kappa shape index (κ2) is 7.54. The molecular formula is C21H28N4O3. The zero-order valence-corrected chi connectivity index (χ0v) is 16.5. The maximum absolute atomic E-state index is 12.0. The van der Waals surface area contributed by atoms with Gasteiger partial charge in [-0.2, -0.15) is 5.10 Å². The van der Waals surface area contributed by atoms with Gasteiger partial charge in [-0.1, -0.05) is 44.2 Å². The molecule has 0 bridgehead atoms. The molecule has 2 aliphatic rings. The van der Waals surface area contributed by atoms with Gasteiger partial charge < -0.3 is 14.7 Å². The topological polar surface area (TPSA) is 80.5 Å². The van der Waals surface area contributed by atoms with Crippen LogP contribution in [0.25, 0.3) is 0 Å². The van der Waals surface area contributed by atoms with E-state index in [9.17, 15) is 9.90 Å². The minimum Gasteiger partial charge on any atom is -0.465 e. The largest absolute Gasteiger partial charge is 0.465 e. The van der Waals surface area contributed by atoms with Crippen LogP contribution in [-0.4, -0.2) is 43.5 Å². The summed E-state index contributed by atoms with van der Waals surface area (Å²) in [5.41, 5.74) is 0.772. The number of hydrogen-bond donors (Lipinski definition) is 1. The first-order valence-corrected chi connectivity index (χ1v) is 10.0. The van der Waals surface area contributed by atoms with E-state index in [1.165, 1.54) is 0 Å². The van der Waals surface area contributed by atoms with Crippen LogP contribution in [0.2, 0.25) is 0 Å². The standard InChI is InChI=1S/C21H28N4O3/c1-21(2)16(19-22-14-25(23-19)18-10-6-7-11-28-18)12-17(21)24(20(26)27)13-15-8-4-3-5-9-15/h3-5,8-9,14,16-18H,6-7,10-13H2,1-2H3,(H,26,27)/t16-,17-,18?/m1/s1. The van der Waals surface area contributed by atoms with Crippen LogP contribution in [0, 0.1) is 5.41 Å². The number of aromatic nitrogens is 3. The molecule has 28 heavy (non-hydrogen) atoms. The van der Waals surface area contributed by atoms with Crippen molar-refractivity contribution < 1.29 is 14.6 Å². The van der Waals surface area contributed by atoms with Crippen molar-refractivity contribution in [1.82, 2.24) is 19.7 Å². The van der Waals surface area contributed by atoms with Crippen LogP contribution in [0.1, 0.15) is 63.1 Å². The molecule has 1 aromatic carbocycles. The van der Waals surface area contributed by atoms with E-state index >= 15 is 0 Å². The third-order valence-electron chi connectivity index (χ3n) is 6.32. The zero-order chi connectivity index (χ0) is 19.7. The van der Waals surface area contributed by atoms with E-state index in [-0.39, 0.29) is 23.6 Å². The SMILES string of the molecule is CC1(C)[C@@H](c2ncn(C3CCCCO3)n2)C[C@H]1N(Cc1ccccc1)C(=O)O. The first kappa shape index (κ1) is 18.9. The van der Waals surface area contributed by atoms with Gasteiger partial charge in [0.15, 0.2) is 12.1 Å². The number of nitrogens with zero attached hydrogens (tertiary/aromatic N) is 4. The molecule has 2 heterocycles. The number of carbonyl (C=O) groups is 1. The summed E-state index contributed by atoms with van der Waals surface area (Å²) in [6, 6.07) is 9.68. The second-order valence-electron chi connectivity index (χ2n) is 8.43. The second-order valence-corrected chi connectivity index (χ2v) is 8.43. The third-order valence-corrected chi connectivity index (χ3v) is 6.32. The fraction of sp³-hybridized carbons (Fsp3) is 0.571. The maximum Gasteiger partial charge on any atom is 0.407 e. The van der Waals surface area contributed by atoms with E-state index < -0.39 is 6.09 Å². The summed E-state index contributed by atoms with van der Waals surface area (Å²) in [4.78, 5) is 18.1. The molecular weight excluding hydrogens is 356 g/mol. The molecule has 2 aromatic rings. The average molecular weight is 384 g/mol. The minimum atomic E-state index is -0.880. The molecule has 1 aliphatic carbocycles. The van der Waals surface area contributed by atoms with Crippen molar-refractivity contribution in [2.45, 2.75) is 64.3 Å². The first-order valence-electron chi connectivity index (χ1n) is 10.0. The third kappa shape index (κ3) is 3.51. The molecule has 4 rings (SSSR count). The Hall–Kier alpha value is -2.41. The molecule has 1 amide bonds. The lowest BCUT2D eigenvalue weighted by Crippen LogP contribution is -2.58. The Bertz CT molecular complexity index is 814. The molecule has 0 radical (unpaired) electrons. The summed E-state index contributed by atoms with van der Waals surface area (Å²) in [7, 11) is 0. The molecule has 0 spiro atoms. The lowest BCUT2D eigenvalue weighted by Gasteiger charge is -2.54.